The van der Waals surface area contributed by atoms with Gasteiger partial charge in [0.1, 0.15) is 0 Å². The van der Waals surface area contributed by atoms with Gasteiger partial charge in [-0.05, 0) is 32.6 Å². The van der Waals surface area contributed by atoms with Crippen molar-refractivity contribution < 1.29 is 4.79 Å². The van der Waals surface area contributed by atoms with Crippen LogP contribution in [0.4, 0.5) is 0 Å². The third-order valence-electron chi connectivity index (χ3n) is 4.12. The van der Waals surface area contributed by atoms with Crippen LogP contribution < -0.4 is 5.32 Å². The Labute approximate surface area is 105 Å². The van der Waals surface area contributed by atoms with Crippen molar-refractivity contribution in [1.82, 2.24) is 10.2 Å². The Bertz CT molecular complexity index is 312. The molecule has 2 fully saturated rings. The first-order chi connectivity index (χ1) is 7.60. The lowest BCUT2D eigenvalue weighted by Gasteiger charge is -2.34. The lowest BCUT2D eigenvalue weighted by atomic mass is 9.95. The first-order valence-electron chi connectivity index (χ1n) is 6.67. The molecular weight excluding hydrogens is 212 g/mol. The fourth-order valence-electron chi connectivity index (χ4n) is 2.66. The molecule has 1 N–H and O–H groups in total. The first kappa shape index (κ1) is 12.9. The second-order valence-electron chi connectivity index (χ2n) is 7.65. The SMILES string of the molecule is CC(C)(C)C(=O)NC1[C@H]2CN(C(C)(C)C)C[C@@H]12. The summed E-state index contributed by atoms with van der Waals surface area (Å²) < 4.78 is 0. The number of carbonyl (C=O) groups excluding carboxylic acids is 1. The molecule has 3 nitrogen and oxygen atoms in total. The number of piperidine rings is 1. The molecule has 2 aliphatic rings. The first-order valence-corrected chi connectivity index (χ1v) is 6.67. The van der Waals surface area contributed by atoms with Gasteiger partial charge in [-0.3, -0.25) is 9.69 Å². The fraction of sp³-hybridized carbons (Fsp3) is 0.929. The van der Waals surface area contributed by atoms with Crippen LogP contribution in [0.25, 0.3) is 0 Å². The summed E-state index contributed by atoms with van der Waals surface area (Å²) in [7, 11) is 0. The maximum absolute atomic E-state index is 11.9. The van der Waals surface area contributed by atoms with E-state index in [1.807, 2.05) is 20.8 Å². The number of hydrogen-bond acceptors (Lipinski definition) is 2. The maximum atomic E-state index is 11.9. The molecule has 0 spiro atoms. The van der Waals surface area contributed by atoms with E-state index in [1.165, 1.54) is 0 Å². The van der Waals surface area contributed by atoms with Gasteiger partial charge in [0.2, 0.25) is 5.91 Å². The van der Waals surface area contributed by atoms with Crippen LogP contribution in [0.1, 0.15) is 41.5 Å². The highest BCUT2D eigenvalue weighted by Gasteiger charge is 2.58. The Morgan fingerprint density at radius 3 is 1.88 bits per heavy atom. The van der Waals surface area contributed by atoms with Crippen molar-refractivity contribution in [2.45, 2.75) is 53.1 Å². The molecule has 1 aliphatic heterocycles. The van der Waals surface area contributed by atoms with Crippen LogP contribution >= 0.6 is 0 Å². The summed E-state index contributed by atoms with van der Waals surface area (Å²) in [6.07, 6.45) is 0. The van der Waals surface area contributed by atoms with Crippen molar-refractivity contribution in [3.8, 4) is 0 Å². The molecule has 1 heterocycles. The van der Waals surface area contributed by atoms with Crippen LogP contribution in [-0.4, -0.2) is 35.5 Å². The summed E-state index contributed by atoms with van der Waals surface area (Å²) >= 11 is 0. The van der Waals surface area contributed by atoms with Gasteiger partial charge in [-0.15, -0.1) is 0 Å². The van der Waals surface area contributed by atoms with Crippen LogP contribution in [0.15, 0.2) is 0 Å². The average Bonchev–Trinajstić information content (AvgIpc) is 2.57. The summed E-state index contributed by atoms with van der Waals surface area (Å²) in [5.74, 6) is 1.58. The molecule has 3 atom stereocenters. The summed E-state index contributed by atoms with van der Waals surface area (Å²) in [6, 6.07) is 0.445. The van der Waals surface area contributed by atoms with Crippen molar-refractivity contribution in [3.63, 3.8) is 0 Å². The van der Waals surface area contributed by atoms with Gasteiger partial charge in [-0.25, -0.2) is 0 Å². The minimum Gasteiger partial charge on any atom is -0.352 e. The van der Waals surface area contributed by atoms with Crippen LogP contribution in [-0.2, 0) is 4.79 Å². The molecule has 1 aliphatic carbocycles. The Balaban J connectivity index is 1.83. The number of fused-ring (bicyclic) bond motifs is 1. The summed E-state index contributed by atoms with van der Waals surface area (Å²) in [5, 5.41) is 3.20. The molecule has 0 aromatic carbocycles. The molecule has 98 valence electrons. The largest absolute Gasteiger partial charge is 0.352 e. The monoisotopic (exact) mass is 238 g/mol. The zero-order chi connectivity index (χ0) is 13.0. The number of nitrogens with zero attached hydrogens (tertiary/aromatic N) is 1. The zero-order valence-corrected chi connectivity index (χ0v) is 12.0. The van der Waals surface area contributed by atoms with E-state index >= 15 is 0 Å². The minimum atomic E-state index is -0.263. The van der Waals surface area contributed by atoms with Crippen LogP contribution in [0.2, 0.25) is 0 Å². The maximum Gasteiger partial charge on any atom is 0.225 e. The molecular formula is C14H26N2O. The highest BCUT2D eigenvalue weighted by Crippen LogP contribution is 2.47. The highest BCUT2D eigenvalue weighted by atomic mass is 16.2. The smallest absolute Gasteiger partial charge is 0.225 e. The Kier molecular flexibility index (Phi) is 2.81. The van der Waals surface area contributed by atoms with Gasteiger partial charge >= 0.3 is 0 Å². The second kappa shape index (κ2) is 3.71. The van der Waals surface area contributed by atoms with Gasteiger partial charge < -0.3 is 5.32 Å². The van der Waals surface area contributed by atoms with Crippen LogP contribution in [0, 0.1) is 17.3 Å². The zero-order valence-electron chi connectivity index (χ0n) is 12.0. The Morgan fingerprint density at radius 2 is 1.53 bits per heavy atom. The predicted octanol–water partition coefficient (Wildman–Crippen LogP) is 1.88. The van der Waals surface area contributed by atoms with Gasteiger partial charge in [0.05, 0.1) is 0 Å². The molecule has 0 aromatic heterocycles. The molecule has 0 radical (unpaired) electrons. The van der Waals surface area contributed by atoms with E-state index in [1.54, 1.807) is 0 Å². The van der Waals surface area contributed by atoms with E-state index in [9.17, 15) is 4.79 Å². The third kappa shape index (κ3) is 2.49. The Morgan fingerprint density at radius 1 is 1.06 bits per heavy atom. The molecule has 17 heavy (non-hydrogen) atoms. The van der Waals surface area contributed by atoms with Crippen LogP contribution in [0.3, 0.4) is 0 Å². The van der Waals surface area contributed by atoms with E-state index in [0.29, 0.717) is 17.9 Å². The van der Waals surface area contributed by atoms with Crippen LogP contribution in [0.5, 0.6) is 0 Å². The summed E-state index contributed by atoms with van der Waals surface area (Å²) in [6.45, 7) is 15.0. The molecule has 1 amide bonds. The van der Waals surface area contributed by atoms with Crippen molar-refractivity contribution in [2.75, 3.05) is 13.1 Å². The average molecular weight is 238 g/mol. The lowest BCUT2D eigenvalue weighted by molar-refractivity contribution is -0.128. The van der Waals surface area contributed by atoms with Crippen molar-refractivity contribution in [2.24, 2.45) is 17.3 Å². The molecule has 0 bridgehead atoms. The van der Waals surface area contributed by atoms with Crippen molar-refractivity contribution >= 4 is 5.91 Å². The van der Waals surface area contributed by atoms with E-state index in [2.05, 4.69) is 31.0 Å². The second-order valence-corrected chi connectivity index (χ2v) is 7.65. The quantitative estimate of drug-likeness (QED) is 0.756. The molecule has 1 saturated carbocycles. The van der Waals surface area contributed by atoms with Gasteiger partial charge in [0.25, 0.3) is 0 Å². The Hall–Kier alpha value is -0.570. The van der Waals surface area contributed by atoms with Gasteiger partial charge in [0.15, 0.2) is 0 Å². The summed E-state index contributed by atoms with van der Waals surface area (Å²) in [4.78, 5) is 14.4. The third-order valence-corrected chi connectivity index (χ3v) is 4.12. The van der Waals surface area contributed by atoms with Gasteiger partial charge in [0, 0.05) is 30.1 Å². The number of rotatable bonds is 1. The molecule has 2 rings (SSSR count). The lowest BCUT2D eigenvalue weighted by Crippen LogP contribution is -2.45. The van der Waals surface area contributed by atoms with Gasteiger partial charge in [-0.2, -0.15) is 0 Å². The molecule has 0 aromatic rings. The molecule has 3 heteroatoms. The van der Waals surface area contributed by atoms with E-state index < -0.39 is 0 Å². The highest BCUT2D eigenvalue weighted by molar-refractivity contribution is 5.82. The number of likely N-dealkylation sites (tertiary alicyclic amines) is 1. The topological polar surface area (TPSA) is 32.3 Å². The number of hydrogen-bond donors (Lipinski definition) is 1. The standard InChI is InChI=1S/C14H26N2O/c1-13(2,3)12(17)15-11-9-7-16(8-10(9)11)14(4,5)6/h9-11H,7-8H2,1-6H3,(H,15,17)/t9-,10+,11?. The number of amides is 1. The normalized spacial score (nSPS) is 33.4. The molecule has 1 saturated heterocycles. The van der Waals surface area contributed by atoms with Crippen molar-refractivity contribution in [1.29, 1.82) is 0 Å². The predicted molar refractivity (Wildman–Crippen MR) is 69.7 cm³/mol. The summed E-state index contributed by atoms with van der Waals surface area (Å²) in [5.41, 5.74) is 0.00656. The van der Waals surface area contributed by atoms with Crippen molar-refractivity contribution in [3.05, 3.63) is 0 Å². The van der Waals surface area contributed by atoms with E-state index in [4.69, 9.17) is 0 Å². The molecule has 1 unspecified atom stereocenters. The fourth-order valence-corrected chi connectivity index (χ4v) is 2.66. The number of nitrogens with one attached hydrogen (secondary N) is 1. The van der Waals surface area contributed by atoms with E-state index in [-0.39, 0.29) is 16.9 Å². The van der Waals surface area contributed by atoms with E-state index in [0.717, 1.165) is 13.1 Å². The van der Waals surface area contributed by atoms with Gasteiger partial charge in [-0.1, -0.05) is 20.8 Å². The minimum absolute atomic E-state index is 0.194. The number of carbonyl (C=O) groups is 1.